The fraction of sp³-hybridized carbons (Fsp3) is 0.481. The van der Waals surface area contributed by atoms with Gasteiger partial charge in [-0.05, 0) is 36.5 Å². The molecule has 0 saturated carbocycles. The number of hydrogen-bond acceptors (Lipinski definition) is 6. The third-order valence-electron chi connectivity index (χ3n) is 8.13. The largest absolute Gasteiger partial charge is 0.347 e. The molecule has 1 atom stereocenters. The zero-order valence-corrected chi connectivity index (χ0v) is 22.6. The van der Waals surface area contributed by atoms with Crippen molar-refractivity contribution >= 4 is 28.3 Å². The van der Waals surface area contributed by atoms with Crippen molar-refractivity contribution in [3.8, 4) is 0 Å². The number of rotatable bonds is 7. The minimum absolute atomic E-state index is 0.0221. The lowest BCUT2D eigenvalue weighted by atomic mass is 9.73. The Kier molecular flexibility index (Phi) is 6.79. The van der Waals surface area contributed by atoms with Crippen LogP contribution in [0, 0.1) is 5.41 Å². The Balaban J connectivity index is 1.03. The van der Waals surface area contributed by atoms with Crippen molar-refractivity contribution in [3.63, 3.8) is 0 Å². The van der Waals surface area contributed by atoms with Gasteiger partial charge in [0.25, 0.3) is 18.8 Å². The number of nitrogens with zero attached hydrogens (tertiary/aromatic N) is 6. The Bertz CT molecular complexity index is 1430. The summed E-state index contributed by atoms with van der Waals surface area (Å²) in [6, 6.07) is 8.91. The molecule has 2 aliphatic heterocycles. The minimum atomic E-state index is -3.01. The van der Waals surface area contributed by atoms with E-state index in [2.05, 4.69) is 27.1 Å². The summed E-state index contributed by atoms with van der Waals surface area (Å²) in [7, 11) is 1.83. The van der Waals surface area contributed by atoms with Crippen LogP contribution in [0.15, 0.2) is 35.7 Å². The highest BCUT2D eigenvalue weighted by Crippen LogP contribution is 2.43. The lowest BCUT2D eigenvalue weighted by molar-refractivity contribution is -0.146. The highest BCUT2D eigenvalue weighted by molar-refractivity contribution is 7.14. The van der Waals surface area contributed by atoms with Crippen LogP contribution >= 0.6 is 11.3 Å². The predicted octanol–water partition coefficient (Wildman–Crippen LogP) is 4.71. The molecule has 3 aromatic rings. The van der Waals surface area contributed by atoms with E-state index in [-0.39, 0.29) is 17.4 Å². The van der Waals surface area contributed by atoms with Crippen molar-refractivity contribution in [1.82, 2.24) is 24.6 Å². The molecule has 212 valence electrons. The molecule has 13 heteroatoms. The number of fused-ring (bicyclic) bond motifs is 1. The van der Waals surface area contributed by atoms with Crippen molar-refractivity contribution < 1.29 is 27.2 Å². The molecule has 1 unspecified atom stereocenters. The molecule has 2 fully saturated rings. The van der Waals surface area contributed by atoms with Crippen molar-refractivity contribution in [2.45, 2.75) is 44.7 Å². The average molecular weight is 577 g/mol. The van der Waals surface area contributed by atoms with Crippen LogP contribution in [0.2, 0.25) is 0 Å². The first-order valence-corrected chi connectivity index (χ1v) is 14.0. The van der Waals surface area contributed by atoms with E-state index in [4.69, 9.17) is 0 Å². The van der Waals surface area contributed by atoms with Crippen molar-refractivity contribution in [2.24, 2.45) is 5.41 Å². The fourth-order valence-corrected chi connectivity index (χ4v) is 6.89. The van der Waals surface area contributed by atoms with Crippen molar-refractivity contribution in [2.75, 3.05) is 38.1 Å². The van der Waals surface area contributed by atoms with Gasteiger partial charge in [0, 0.05) is 44.0 Å². The molecule has 0 N–H and O–H groups in total. The number of aromatic nitrogens is 3. The topological polar surface area (TPSA) is 74.6 Å². The van der Waals surface area contributed by atoms with Crippen LogP contribution < -0.4 is 4.90 Å². The number of carbonyl (C=O) groups excluding carboxylic acids is 2. The van der Waals surface area contributed by atoms with Gasteiger partial charge in [-0.15, -0.1) is 11.3 Å². The smallest absolute Gasteiger partial charge is 0.282 e. The van der Waals surface area contributed by atoms with Crippen molar-refractivity contribution in [1.29, 1.82) is 0 Å². The number of halogens is 4. The van der Waals surface area contributed by atoms with Crippen LogP contribution in [0.3, 0.4) is 0 Å². The third kappa shape index (κ3) is 4.73. The van der Waals surface area contributed by atoms with Gasteiger partial charge < -0.3 is 14.7 Å². The van der Waals surface area contributed by atoms with Gasteiger partial charge in [0.15, 0.2) is 5.13 Å². The summed E-state index contributed by atoms with van der Waals surface area (Å²) in [4.78, 5) is 35.9. The van der Waals surface area contributed by atoms with Gasteiger partial charge >= 0.3 is 0 Å². The third-order valence-corrected chi connectivity index (χ3v) is 9.03. The number of anilines is 1. The Hall–Kier alpha value is -3.48. The number of alkyl halides is 4. The Morgan fingerprint density at radius 2 is 1.88 bits per heavy atom. The van der Waals surface area contributed by atoms with Crippen molar-refractivity contribution in [3.05, 3.63) is 63.9 Å². The summed E-state index contributed by atoms with van der Waals surface area (Å²) in [5.74, 6) is -0.555. The molecule has 2 aromatic heterocycles. The summed E-state index contributed by atoms with van der Waals surface area (Å²) >= 11 is 1.41. The SMILES string of the molecule is CN(C(=O)c1csc(N2CC3(CN(C(=O)Cn4nc(C(F)F)cc4C(F)F)C3)C2)n1)C1CCCc2ccccc21. The van der Waals surface area contributed by atoms with Crippen LogP contribution in [0.5, 0.6) is 0 Å². The van der Waals surface area contributed by atoms with Crippen LogP contribution in [0.1, 0.15) is 64.7 Å². The molecule has 3 aliphatic rings. The van der Waals surface area contributed by atoms with Crippen LogP contribution in [-0.2, 0) is 17.8 Å². The molecule has 2 amide bonds. The van der Waals surface area contributed by atoms with E-state index in [9.17, 15) is 27.2 Å². The molecule has 0 bridgehead atoms. The van der Waals surface area contributed by atoms with E-state index in [0.29, 0.717) is 42.6 Å². The standard InChI is InChI=1S/C27H28F4N6O2S/c1-34(20-8-4-6-16-5-2-3-7-17(16)20)25(39)19-11-40-26(32-19)36-14-27(15-36)12-35(13-27)22(38)10-37-21(24(30)31)9-18(33-37)23(28)29/h2-3,5,7,9,11,20,23-24H,4,6,8,10,12-15H2,1H3. The maximum Gasteiger partial charge on any atom is 0.282 e. The highest BCUT2D eigenvalue weighted by atomic mass is 32.1. The molecular formula is C27H28F4N6O2S. The molecule has 6 rings (SSSR count). The Morgan fingerprint density at radius 3 is 2.60 bits per heavy atom. The normalized spacial score (nSPS) is 19.5. The molecule has 0 radical (unpaired) electrons. The minimum Gasteiger partial charge on any atom is -0.347 e. The van der Waals surface area contributed by atoms with Crippen LogP contribution in [-0.4, -0.2) is 69.6 Å². The number of carbonyl (C=O) groups is 2. The molecule has 1 aliphatic carbocycles. The van der Waals surface area contributed by atoms with E-state index in [1.54, 1.807) is 10.3 Å². The molecule has 2 saturated heterocycles. The maximum absolute atomic E-state index is 13.3. The highest BCUT2D eigenvalue weighted by Gasteiger charge is 2.54. The Morgan fingerprint density at radius 1 is 1.12 bits per heavy atom. The first kappa shape index (κ1) is 26.7. The second kappa shape index (κ2) is 10.2. The van der Waals surface area contributed by atoms with Gasteiger partial charge in [-0.25, -0.2) is 22.5 Å². The van der Waals surface area contributed by atoms with E-state index in [1.807, 2.05) is 19.2 Å². The van der Waals surface area contributed by atoms with E-state index in [1.165, 1.54) is 27.4 Å². The fourth-order valence-electron chi connectivity index (χ4n) is 6.09. The van der Waals surface area contributed by atoms with Gasteiger partial charge in [0.05, 0.1) is 6.04 Å². The van der Waals surface area contributed by atoms with Crippen LogP contribution in [0.4, 0.5) is 22.7 Å². The maximum atomic E-state index is 13.3. The average Bonchev–Trinajstić information content (AvgIpc) is 3.54. The predicted molar refractivity (Wildman–Crippen MR) is 140 cm³/mol. The Labute approximate surface area is 232 Å². The van der Waals surface area contributed by atoms with Crippen LogP contribution in [0.25, 0.3) is 0 Å². The number of likely N-dealkylation sites (tertiary alicyclic amines) is 1. The molecular weight excluding hydrogens is 548 g/mol. The summed E-state index contributed by atoms with van der Waals surface area (Å²) in [5.41, 5.74) is 1.30. The molecule has 1 spiro atoms. The quantitative estimate of drug-likeness (QED) is 0.381. The summed E-state index contributed by atoms with van der Waals surface area (Å²) in [6.45, 7) is 1.68. The number of aryl methyl sites for hydroxylation is 1. The van der Waals surface area contributed by atoms with E-state index < -0.39 is 36.7 Å². The summed E-state index contributed by atoms with van der Waals surface area (Å²) in [6.07, 6.45) is -3.04. The number of thiazole rings is 1. The van der Waals surface area contributed by atoms with Gasteiger partial charge in [-0.2, -0.15) is 5.10 Å². The lowest BCUT2D eigenvalue weighted by Crippen LogP contribution is -2.73. The zero-order chi connectivity index (χ0) is 28.2. The number of benzene rings is 1. The molecule has 1 aromatic carbocycles. The monoisotopic (exact) mass is 576 g/mol. The molecule has 40 heavy (non-hydrogen) atoms. The second-order valence-corrected chi connectivity index (χ2v) is 11.7. The van der Waals surface area contributed by atoms with E-state index in [0.717, 1.165) is 24.4 Å². The number of amides is 2. The second-order valence-electron chi connectivity index (χ2n) is 10.9. The first-order chi connectivity index (χ1) is 19.1. The zero-order valence-electron chi connectivity index (χ0n) is 21.8. The summed E-state index contributed by atoms with van der Waals surface area (Å²) in [5, 5.41) is 6.02. The first-order valence-electron chi connectivity index (χ1n) is 13.1. The molecule has 4 heterocycles. The van der Waals surface area contributed by atoms with Gasteiger partial charge in [-0.3, -0.25) is 14.3 Å². The number of hydrogen-bond donors (Lipinski definition) is 0. The van der Waals surface area contributed by atoms with Gasteiger partial charge in [-0.1, -0.05) is 24.3 Å². The van der Waals surface area contributed by atoms with E-state index >= 15 is 0 Å². The molecule has 8 nitrogen and oxygen atoms in total. The summed E-state index contributed by atoms with van der Waals surface area (Å²) < 4.78 is 52.9. The van der Waals surface area contributed by atoms with Gasteiger partial charge in [0.1, 0.15) is 23.6 Å². The lowest BCUT2D eigenvalue weighted by Gasteiger charge is -2.60. The van der Waals surface area contributed by atoms with Gasteiger partial charge in [0.2, 0.25) is 5.91 Å².